The summed E-state index contributed by atoms with van der Waals surface area (Å²) in [4.78, 5) is 39.7. The van der Waals surface area contributed by atoms with E-state index < -0.39 is 0 Å². The molecule has 5 aromatic rings. The maximum absolute atomic E-state index is 13.2. The lowest BCUT2D eigenvalue weighted by Gasteiger charge is -2.07. The van der Waals surface area contributed by atoms with Gasteiger partial charge in [0.25, 0.3) is 11.8 Å². The zero-order valence-corrected chi connectivity index (χ0v) is 19.7. The fourth-order valence-electron chi connectivity index (χ4n) is 3.76. The molecule has 1 aromatic carbocycles. The van der Waals surface area contributed by atoms with Gasteiger partial charge in [0.15, 0.2) is 5.65 Å². The molecular weight excluding hydrogens is 460 g/mol. The SMILES string of the molecule is CCNC(=O)c1c(-c2ccccn2)nc2c(C(=O)NCc3csc(-c4ccccc4)n3)cccn12. The number of carbonyl (C=O) groups is 2. The van der Waals surface area contributed by atoms with Crippen LogP contribution in [0.4, 0.5) is 0 Å². The second-order valence-electron chi connectivity index (χ2n) is 7.69. The Labute approximate surface area is 205 Å². The van der Waals surface area contributed by atoms with Crippen molar-refractivity contribution in [2.75, 3.05) is 6.54 Å². The smallest absolute Gasteiger partial charge is 0.270 e. The van der Waals surface area contributed by atoms with Gasteiger partial charge in [-0.3, -0.25) is 19.0 Å². The second-order valence-corrected chi connectivity index (χ2v) is 8.55. The number of imidazole rings is 1. The van der Waals surface area contributed by atoms with E-state index in [1.807, 2.05) is 48.7 Å². The highest BCUT2D eigenvalue weighted by Crippen LogP contribution is 2.25. The highest BCUT2D eigenvalue weighted by atomic mass is 32.1. The quantitative estimate of drug-likeness (QED) is 0.362. The van der Waals surface area contributed by atoms with Crippen molar-refractivity contribution < 1.29 is 9.59 Å². The third kappa shape index (κ3) is 4.53. The minimum Gasteiger partial charge on any atom is -0.351 e. The van der Waals surface area contributed by atoms with Crippen molar-refractivity contribution >= 4 is 28.8 Å². The summed E-state index contributed by atoms with van der Waals surface area (Å²) in [5.74, 6) is -0.584. The molecule has 0 saturated carbocycles. The number of hydrogen-bond donors (Lipinski definition) is 2. The van der Waals surface area contributed by atoms with Gasteiger partial charge in [-0.1, -0.05) is 36.4 Å². The molecule has 0 aliphatic rings. The standard InChI is InChI=1S/C26H22N6O2S/c1-2-27-25(34)22-21(20-12-6-7-13-28-20)31-23-19(11-8-14-32(22)23)24(33)29-15-18-16-35-26(30-18)17-9-4-3-5-10-17/h3-14,16H,2,15H2,1H3,(H,27,34)(H,29,33). The van der Waals surface area contributed by atoms with Crippen LogP contribution in [0.15, 0.2) is 78.4 Å². The Morgan fingerprint density at radius 1 is 0.943 bits per heavy atom. The zero-order chi connectivity index (χ0) is 24.2. The summed E-state index contributed by atoms with van der Waals surface area (Å²) < 4.78 is 1.64. The predicted molar refractivity (Wildman–Crippen MR) is 135 cm³/mol. The van der Waals surface area contributed by atoms with Crippen LogP contribution in [0, 0.1) is 0 Å². The van der Waals surface area contributed by atoms with E-state index >= 15 is 0 Å². The minimum atomic E-state index is -0.301. The molecule has 0 aliphatic heterocycles. The topological polar surface area (TPSA) is 101 Å². The highest BCUT2D eigenvalue weighted by molar-refractivity contribution is 7.13. The lowest BCUT2D eigenvalue weighted by atomic mass is 10.2. The average Bonchev–Trinajstić information content (AvgIpc) is 3.53. The fraction of sp³-hybridized carbons (Fsp3) is 0.115. The highest BCUT2D eigenvalue weighted by Gasteiger charge is 2.24. The first-order valence-electron chi connectivity index (χ1n) is 11.1. The number of aromatic nitrogens is 4. The van der Waals surface area contributed by atoms with Gasteiger partial charge in [-0.25, -0.2) is 9.97 Å². The first-order valence-corrected chi connectivity index (χ1v) is 12.0. The van der Waals surface area contributed by atoms with E-state index in [0.29, 0.717) is 34.8 Å². The monoisotopic (exact) mass is 482 g/mol. The summed E-state index contributed by atoms with van der Waals surface area (Å²) >= 11 is 1.53. The van der Waals surface area contributed by atoms with Gasteiger partial charge >= 0.3 is 0 Å². The molecule has 35 heavy (non-hydrogen) atoms. The number of pyridine rings is 2. The van der Waals surface area contributed by atoms with E-state index in [1.54, 1.807) is 41.1 Å². The molecule has 5 rings (SSSR count). The van der Waals surface area contributed by atoms with Gasteiger partial charge in [0, 0.05) is 29.9 Å². The molecule has 0 aliphatic carbocycles. The van der Waals surface area contributed by atoms with Gasteiger partial charge in [-0.05, 0) is 31.2 Å². The molecule has 2 N–H and O–H groups in total. The summed E-state index contributed by atoms with van der Waals surface area (Å²) in [6.45, 7) is 2.59. The Bertz CT molecular complexity index is 1490. The molecule has 0 bridgehead atoms. The van der Waals surface area contributed by atoms with Crippen LogP contribution in [-0.2, 0) is 6.54 Å². The van der Waals surface area contributed by atoms with Crippen LogP contribution >= 0.6 is 11.3 Å². The van der Waals surface area contributed by atoms with Crippen molar-refractivity contribution in [2.24, 2.45) is 0 Å². The molecule has 8 nitrogen and oxygen atoms in total. The summed E-state index contributed by atoms with van der Waals surface area (Å²) in [6, 6.07) is 18.8. The van der Waals surface area contributed by atoms with Crippen LogP contribution in [0.3, 0.4) is 0 Å². The van der Waals surface area contributed by atoms with Gasteiger partial charge < -0.3 is 10.6 Å². The van der Waals surface area contributed by atoms with Crippen LogP contribution in [-0.4, -0.2) is 37.7 Å². The Balaban J connectivity index is 1.45. The Morgan fingerprint density at radius 2 is 1.77 bits per heavy atom. The fourth-order valence-corrected chi connectivity index (χ4v) is 4.58. The number of benzene rings is 1. The third-order valence-electron chi connectivity index (χ3n) is 5.36. The summed E-state index contributed by atoms with van der Waals surface area (Å²) in [7, 11) is 0. The third-order valence-corrected chi connectivity index (χ3v) is 6.30. The van der Waals surface area contributed by atoms with Crippen molar-refractivity contribution in [3.63, 3.8) is 0 Å². The predicted octanol–water partition coefficient (Wildman–Crippen LogP) is 4.20. The maximum atomic E-state index is 13.2. The molecule has 174 valence electrons. The van der Waals surface area contributed by atoms with Crippen molar-refractivity contribution in [3.8, 4) is 22.0 Å². The lowest BCUT2D eigenvalue weighted by molar-refractivity contribution is 0.0940. The number of thiazole rings is 1. The largest absolute Gasteiger partial charge is 0.351 e. The summed E-state index contributed by atoms with van der Waals surface area (Å²) in [5, 5.41) is 8.59. The lowest BCUT2D eigenvalue weighted by Crippen LogP contribution is -2.25. The molecule has 2 amide bonds. The van der Waals surface area contributed by atoms with E-state index in [1.165, 1.54) is 11.3 Å². The first-order chi connectivity index (χ1) is 17.2. The summed E-state index contributed by atoms with van der Waals surface area (Å²) in [5.41, 5.74) is 3.87. The van der Waals surface area contributed by atoms with Gasteiger partial charge in [-0.2, -0.15) is 0 Å². The number of amides is 2. The molecule has 0 atom stereocenters. The Morgan fingerprint density at radius 3 is 2.54 bits per heavy atom. The number of hydrogen-bond acceptors (Lipinski definition) is 6. The molecular formula is C26H22N6O2S. The molecule has 0 saturated heterocycles. The van der Waals surface area contributed by atoms with Gasteiger partial charge in [-0.15, -0.1) is 11.3 Å². The molecule has 0 spiro atoms. The number of nitrogens with one attached hydrogen (secondary N) is 2. The number of nitrogens with zero attached hydrogens (tertiary/aromatic N) is 4. The van der Waals surface area contributed by atoms with Crippen LogP contribution in [0.5, 0.6) is 0 Å². The van der Waals surface area contributed by atoms with E-state index in [9.17, 15) is 9.59 Å². The Kier molecular flexibility index (Phi) is 6.32. The molecule has 4 aromatic heterocycles. The van der Waals surface area contributed by atoms with E-state index in [0.717, 1.165) is 16.3 Å². The van der Waals surface area contributed by atoms with Crippen molar-refractivity contribution in [1.82, 2.24) is 30.0 Å². The molecule has 4 heterocycles. The van der Waals surface area contributed by atoms with Crippen LogP contribution in [0.2, 0.25) is 0 Å². The van der Waals surface area contributed by atoms with Crippen molar-refractivity contribution in [2.45, 2.75) is 13.5 Å². The average molecular weight is 483 g/mol. The van der Waals surface area contributed by atoms with E-state index in [-0.39, 0.29) is 18.4 Å². The zero-order valence-electron chi connectivity index (χ0n) is 18.9. The van der Waals surface area contributed by atoms with E-state index in [2.05, 4.69) is 25.6 Å². The first kappa shape index (κ1) is 22.4. The number of fused-ring (bicyclic) bond motifs is 1. The van der Waals surface area contributed by atoms with E-state index in [4.69, 9.17) is 0 Å². The summed E-state index contributed by atoms with van der Waals surface area (Å²) in [6.07, 6.45) is 3.37. The van der Waals surface area contributed by atoms with Gasteiger partial charge in [0.05, 0.1) is 23.5 Å². The van der Waals surface area contributed by atoms with Crippen LogP contribution in [0.1, 0.15) is 33.5 Å². The normalized spacial score (nSPS) is 10.9. The minimum absolute atomic E-state index is 0.278. The molecule has 0 unspecified atom stereocenters. The molecule has 9 heteroatoms. The Hall–Kier alpha value is -4.37. The maximum Gasteiger partial charge on any atom is 0.270 e. The van der Waals surface area contributed by atoms with Crippen LogP contribution in [0.25, 0.3) is 27.6 Å². The van der Waals surface area contributed by atoms with Crippen LogP contribution < -0.4 is 10.6 Å². The van der Waals surface area contributed by atoms with Gasteiger partial charge in [0.2, 0.25) is 0 Å². The second kappa shape index (κ2) is 9.86. The number of rotatable bonds is 7. The number of carbonyl (C=O) groups excluding carboxylic acids is 2. The molecule has 0 radical (unpaired) electrons. The molecule has 0 fully saturated rings. The van der Waals surface area contributed by atoms with Crippen molar-refractivity contribution in [1.29, 1.82) is 0 Å². The van der Waals surface area contributed by atoms with Crippen molar-refractivity contribution in [3.05, 3.63) is 95.4 Å². The van der Waals surface area contributed by atoms with Gasteiger partial charge in [0.1, 0.15) is 16.4 Å².